The molecule has 0 bridgehead atoms. The van der Waals surface area contributed by atoms with Crippen LogP contribution >= 0.6 is 0 Å². The van der Waals surface area contributed by atoms with E-state index in [1.54, 1.807) is 0 Å². The van der Waals surface area contributed by atoms with E-state index in [1.165, 1.54) is 5.39 Å². The van der Waals surface area contributed by atoms with E-state index in [9.17, 15) is 0 Å². The van der Waals surface area contributed by atoms with Gasteiger partial charge < -0.3 is 8.83 Å². The van der Waals surface area contributed by atoms with Crippen LogP contribution in [0.4, 0.5) is 0 Å². The van der Waals surface area contributed by atoms with Crippen molar-refractivity contribution in [2.45, 2.75) is 0 Å². The van der Waals surface area contributed by atoms with E-state index in [1.807, 2.05) is 36.4 Å². The van der Waals surface area contributed by atoms with Gasteiger partial charge in [-0.3, -0.25) is 0 Å². The van der Waals surface area contributed by atoms with E-state index >= 15 is 0 Å². The Labute approximate surface area is 402 Å². The summed E-state index contributed by atoms with van der Waals surface area (Å²) >= 11 is 0. The fourth-order valence-corrected chi connectivity index (χ4v) is 10.4. The Bertz CT molecular complexity index is 4330. The second kappa shape index (κ2) is 16.1. The van der Waals surface area contributed by atoms with Crippen LogP contribution in [0.1, 0.15) is 0 Å². The van der Waals surface area contributed by atoms with Crippen LogP contribution in [0, 0.1) is 0 Å². The summed E-state index contributed by atoms with van der Waals surface area (Å²) in [4.78, 5) is 15.8. The van der Waals surface area contributed by atoms with Gasteiger partial charge in [0.05, 0.1) is 22.6 Å². The predicted octanol–water partition coefficient (Wildman–Crippen LogP) is 17.6. The zero-order valence-electron chi connectivity index (χ0n) is 37.7. The van der Waals surface area contributed by atoms with Crippen LogP contribution < -0.4 is 0 Å². The summed E-state index contributed by atoms with van der Waals surface area (Å²) in [6.45, 7) is 0. The molecule has 5 nitrogen and oxygen atoms in total. The maximum Gasteiger partial charge on any atom is 0.160 e. The summed E-state index contributed by atoms with van der Waals surface area (Å²) < 4.78 is 13.0. The average molecular weight is 894 g/mol. The molecule has 0 spiro atoms. The molecule has 0 unspecified atom stereocenters. The monoisotopic (exact) mass is 893 g/mol. The third-order valence-corrected chi connectivity index (χ3v) is 13.7. The summed E-state index contributed by atoms with van der Waals surface area (Å²) in [6.07, 6.45) is 0. The van der Waals surface area contributed by atoms with Gasteiger partial charge in [0.2, 0.25) is 0 Å². The molecule has 4 heterocycles. The van der Waals surface area contributed by atoms with Crippen LogP contribution in [0.25, 0.3) is 144 Å². The van der Waals surface area contributed by atoms with Gasteiger partial charge in [-0.1, -0.05) is 200 Å². The minimum atomic E-state index is 0.654. The molecule has 326 valence electrons. The second-order valence-electron chi connectivity index (χ2n) is 17.8. The zero-order chi connectivity index (χ0) is 46.1. The number of hydrogen-bond acceptors (Lipinski definition) is 5. The van der Waals surface area contributed by atoms with Crippen LogP contribution in [0.2, 0.25) is 0 Å². The lowest BCUT2D eigenvalue weighted by Gasteiger charge is -2.16. The van der Waals surface area contributed by atoms with Crippen molar-refractivity contribution in [1.29, 1.82) is 0 Å². The van der Waals surface area contributed by atoms with Gasteiger partial charge in [-0.25, -0.2) is 15.0 Å². The van der Waals surface area contributed by atoms with Gasteiger partial charge in [0.1, 0.15) is 22.3 Å². The van der Waals surface area contributed by atoms with Crippen LogP contribution in [0.15, 0.2) is 245 Å². The Balaban J connectivity index is 0.841. The number of benzene rings is 10. The Morgan fingerprint density at radius 1 is 0.286 bits per heavy atom. The molecule has 14 aromatic rings. The summed E-state index contributed by atoms with van der Waals surface area (Å²) in [5, 5.41) is 7.76. The van der Waals surface area contributed by atoms with Gasteiger partial charge >= 0.3 is 0 Å². The number of hydrogen-bond donors (Lipinski definition) is 0. The maximum atomic E-state index is 6.61. The first-order valence-corrected chi connectivity index (χ1v) is 23.6. The smallest absolute Gasteiger partial charge is 0.160 e. The molecule has 0 atom stereocenters. The van der Waals surface area contributed by atoms with Crippen molar-refractivity contribution >= 4 is 65.6 Å². The Morgan fingerprint density at radius 3 is 1.57 bits per heavy atom. The molecule has 14 rings (SSSR count). The van der Waals surface area contributed by atoms with Crippen molar-refractivity contribution in [2.24, 2.45) is 0 Å². The van der Waals surface area contributed by atoms with Crippen molar-refractivity contribution in [3.8, 4) is 78.5 Å². The summed E-state index contributed by atoms with van der Waals surface area (Å²) in [5.74, 6) is 0.654. The van der Waals surface area contributed by atoms with Crippen molar-refractivity contribution in [3.63, 3.8) is 0 Å². The number of fused-ring (bicyclic) bond motifs is 9. The molecule has 70 heavy (non-hydrogen) atoms. The van der Waals surface area contributed by atoms with Gasteiger partial charge in [-0.15, -0.1) is 0 Å². The van der Waals surface area contributed by atoms with Crippen LogP contribution in [0.3, 0.4) is 0 Å². The quantitative estimate of drug-likeness (QED) is 0.149. The highest BCUT2D eigenvalue weighted by atomic mass is 16.3. The van der Waals surface area contributed by atoms with Gasteiger partial charge in [0, 0.05) is 71.1 Å². The SMILES string of the molecule is c1ccc(-c2cc(-c3ccc(-c4ccc(-c5nc6ccccc6c6c(-c7ccccc7)c7c(cc56)oc5ccccc57)cc4)cc3)nc(-c3cccc(-c4cccc5c4oc4ccccc45)c3)n2)cc1. The molecule has 5 heteroatoms. The lowest BCUT2D eigenvalue weighted by atomic mass is 9.89. The zero-order valence-corrected chi connectivity index (χ0v) is 37.7. The number of para-hydroxylation sites is 4. The number of pyridine rings is 1. The van der Waals surface area contributed by atoms with Crippen LogP contribution in [-0.2, 0) is 0 Å². The lowest BCUT2D eigenvalue weighted by Crippen LogP contribution is -1.96. The molecule has 0 N–H and O–H groups in total. The highest BCUT2D eigenvalue weighted by Crippen LogP contribution is 2.46. The Kier molecular flexibility index (Phi) is 9.14. The third-order valence-electron chi connectivity index (χ3n) is 13.7. The summed E-state index contributed by atoms with van der Waals surface area (Å²) in [5.41, 5.74) is 17.6. The molecule has 0 saturated carbocycles. The summed E-state index contributed by atoms with van der Waals surface area (Å²) in [7, 11) is 0. The minimum absolute atomic E-state index is 0.654. The van der Waals surface area contributed by atoms with Crippen molar-refractivity contribution in [1.82, 2.24) is 15.0 Å². The molecule has 0 radical (unpaired) electrons. The Hall–Kier alpha value is -9.45. The number of furan rings is 2. The number of aromatic nitrogens is 3. The molecule has 0 aliphatic carbocycles. The van der Waals surface area contributed by atoms with E-state index in [2.05, 4.69) is 200 Å². The van der Waals surface area contributed by atoms with Crippen LogP contribution in [0.5, 0.6) is 0 Å². The molecule has 0 aliphatic rings. The second-order valence-corrected chi connectivity index (χ2v) is 17.8. The van der Waals surface area contributed by atoms with Crippen molar-refractivity contribution in [3.05, 3.63) is 237 Å². The highest BCUT2D eigenvalue weighted by molar-refractivity contribution is 6.27. The fraction of sp³-hybridized carbons (Fsp3) is 0. The maximum absolute atomic E-state index is 6.61. The van der Waals surface area contributed by atoms with Gasteiger partial charge in [0.15, 0.2) is 5.82 Å². The van der Waals surface area contributed by atoms with Gasteiger partial charge in [0.25, 0.3) is 0 Å². The largest absolute Gasteiger partial charge is 0.456 e. The third kappa shape index (κ3) is 6.59. The van der Waals surface area contributed by atoms with Crippen molar-refractivity contribution < 1.29 is 8.83 Å². The fourth-order valence-electron chi connectivity index (χ4n) is 10.4. The first-order valence-electron chi connectivity index (χ1n) is 23.6. The van der Waals surface area contributed by atoms with Crippen molar-refractivity contribution in [2.75, 3.05) is 0 Å². The standard InChI is InChI=1S/C65H39N3O2/c1-3-15-42(16-4-1)55-39-56(68-65(67-55)47-20-13-19-46(37-47)48-24-14-25-50-49-21-8-11-27-57(49)70-64(48)50)43-33-29-40(30-34-43)41-31-35-45(36-32-41)63-53-38-59-62(52-23-9-12-28-58(52)69-59)60(44-17-5-2-6-18-44)61(53)51-22-7-10-26-54(51)66-63/h1-39H. The average Bonchev–Trinajstić information content (AvgIpc) is 4.01. The van der Waals surface area contributed by atoms with Gasteiger partial charge in [-0.2, -0.15) is 0 Å². The molecule has 0 aliphatic heterocycles. The molecule has 10 aromatic carbocycles. The minimum Gasteiger partial charge on any atom is -0.456 e. The molecule has 4 aromatic heterocycles. The van der Waals surface area contributed by atoms with E-state index in [0.717, 1.165) is 133 Å². The van der Waals surface area contributed by atoms with Gasteiger partial charge in [-0.05, 0) is 58.7 Å². The summed E-state index contributed by atoms with van der Waals surface area (Å²) in [6, 6.07) is 82.5. The Morgan fingerprint density at radius 2 is 0.829 bits per heavy atom. The molecule has 0 amide bonds. The topological polar surface area (TPSA) is 65.0 Å². The highest BCUT2D eigenvalue weighted by Gasteiger charge is 2.22. The van der Waals surface area contributed by atoms with E-state index in [0.29, 0.717) is 5.82 Å². The molecule has 0 saturated heterocycles. The lowest BCUT2D eigenvalue weighted by molar-refractivity contribution is 0.669. The molecular formula is C65H39N3O2. The first kappa shape index (κ1) is 39.7. The van der Waals surface area contributed by atoms with E-state index in [4.69, 9.17) is 23.8 Å². The first-order chi connectivity index (χ1) is 34.7. The van der Waals surface area contributed by atoms with E-state index < -0.39 is 0 Å². The van der Waals surface area contributed by atoms with Crippen LogP contribution in [-0.4, -0.2) is 15.0 Å². The molecule has 0 fully saturated rings. The number of rotatable bonds is 7. The number of nitrogens with zero attached hydrogens (tertiary/aromatic N) is 3. The molecular weight excluding hydrogens is 855 g/mol. The predicted molar refractivity (Wildman–Crippen MR) is 287 cm³/mol. The van der Waals surface area contributed by atoms with E-state index in [-0.39, 0.29) is 0 Å². The normalized spacial score (nSPS) is 11.7.